The number of thiophene rings is 1. The van der Waals surface area contributed by atoms with Gasteiger partial charge in [-0.25, -0.2) is 4.98 Å². The summed E-state index contributed by atoms with van der Waals surface area (Å²) in [5.74, 6) is 2.45. The number of unbranched alkanes of at least 4 members (excludes halogenated alkanes) is 3. The lowest BCUT2D eigenvalue weighted by atomic mass is 9.89. The summed E-state index contributed by atoms with van der Waals surface area (Å²) in [4.78, 5) is 21.0. The van der Waals surface area contributed by atoms with Crippen LogP contribution in [0.15, 0.2) is 34.2 Å². The highest BCUT2D eigenvalue weighted by atomic mass is 32.2. The van der Waals surface area contributed by atoms with E-state index in [-0.39, 0.29) is 5.56 Å². The van der Waals surface area contributed by atoms with Gasteiger partial charge in [-0.15, -0.1) is 11.3 Å². The van der Waals surface area contributed by atoms with Crippen LogP contribution in [-0.4, -0.2) is 22.4 Å². The molecule has 0 radical (unpaired) electrons. The number of methoxy groups -OCH3 is 1. The molecule has 1 aliphatic carbocycles. The molecule has 2 heterocycles. The Hall–Kier alpha value is -1.79. The predicted molar refractivity (Wildman–Crippen MR) is 128 cm³/mol. The zero-order valence-corrected chi connectivity index (χ0v) is 19.7. The molecule has 0 aliphatic heterocycles. The highest BCUT2D eigenvalue weighted by molar-refractivity contribution is 7.99. The van der Waals surface area contributed by atoms with E-state index in [1.54, 1.807) is 30.2 Å². The molecule has 1 unspecified atom stereocenters. The maximum absolute atomic E-state index is 13.7. The van der Waals surface area contributed by atoms with E-state index in [1.807, 2.05) is 28.8 Å². The summed E-state index contributed by atoms with van der Waals surface area (Å²) in [6, 6.07) is 7.73. The third kappa shape index (κ3) is 4.30. The summed E-state index contributed by atoms with van der Waals surface area (Å²) in [5, 5.41) is 1.65. The lowest BCUT2D eigenvalue weighted by molar-refractivity contribution is 0.414. The first-order valence-electron chi connectivity index (χ1n) is 11.0. The number of hydrogen-bond donors (Lipinski definition) is 0. The van der Waals surface area contributed by atoms with Gasteiger partial charge in [0.15, 0.2) is 5.16 Å². The SMILES string of the molecule is CCCCCCSc1nc2sc3c(c2c(=O)n1-c1ccc(OC)cc1)CCC(C)C3. The first-order valence-corrected chi connectivity index (χ1v) is 12.8. The van der Waals surface area contributed by atoms with Gasteiger partial charge < -0.3 is 4.74 Å². The van der Waals surface area contributed by atoms with Crippen molar-refractivity contribution in [3.63, 3.8) is 0 Å². The molecule has 6 heteroatoms. The second-order valence-corrected chi connectivity index (χ2v) is 10.3. The molecule has 0 saturated heterocycles. The van der Waals surface area contributed by atoms with Crippen molar-refractivity contribution in [2.24, 2.45) is 5.92 Å². The van der Waals surface area contributed by atoms with Gasteiger partial charge in [-0.3, -0.25) is 9.36 Å². The quantitative estimate of drug-likeness (QED) is 0.235. The van der Waals surface area contributed by atoms with Crippen LogP contribution in [0.3, 0.4) is 0 Å². The third-order valence-electron chi connectivity index (χ3n) is 5.86. The van der Waals surface area contributed by atoms with Crippen LogP contribution in [0, 0.1) is 5.92 Å². The van der Waals surface area contributed by atoms with Crippen LogP contribution in [0.2, 0.25) is 0 Å². The summed E-state index contributed by atoms with van der Waals surface area (Å²) in [5.41, 5.74) is 2.18. The van der Waals surface area contributed by atoms with Gasteiger partial charge >= 0.3 is 0 Å². The van der Waals surface area contributed by atoms with Gasteiger partial charge in [-0.2, -0.15) is 0 Å². The van der Waals surface area contributed by atoms with E-state index in [9.17, 15) is 4.79 Å². The molecule has 0 spiro atoms. The smallest absolute Gasteiger partial charge is 0.267 e. The number of thioether (sulfide) groups is 1. The Balaban J connectivity index is 1.79. The lowest BCUT2D eigenvalue weighted by Crippen LogP contribution is -2.22. The van der Waals surface area contributed by atoms with Crippen LogP contribution in [0.25, 0.3) is 15.9 Å². The van der Waals surface area contributed by atoms with Crippen LogP contribution >= 0.6 is 23.1 Å². The number of ether oxygens (including phenoxy) is 1. The lowest BCUT2D eigenvalue weighted by Gasteiger charge is -2.18. The molecule has 30 heavy (non-hydrogen) atoms. The van der Waals surface area contributed by atoms with E-state index in [2.05, 4.69) is 13.8 Å². The summed E-state index contributed by atoms with van der Waals surface area (Å²) in [6.07, 6.45) is 8.06. The van der Waals surface area contributed by atoms with Crippen LogP contribution in [0.4, 0.5) is 0 Å². The van der Waals surface area contributed by atoms with Crippen molar-refractivity contribution in [2.45, 2.75) is 63.9 Å². The molecule has 0 saturated carbocycles. The van der Waals surface area contributed by atoms with Gasteiger partial charge in [0, 0.05) is 10.6 Å². The Morgan fingerprint density at radius 3 is 2.77 bits per heavy atom. The van der Waals surface area contributed by atoms with Gasteiger partial charge in [0.2, 0.25) is 0 Å². The fraction of sp³-hybridized carbons (Fsp3) is 0.500. The van der Waals surface area contributed by atoms with Crippen LogP contribution in [0.5, 0.6) is 5.75 Å². The number of hydrogen-bond acceptors (Lipinski definition) is 5. The van der Waals surface area contributed by atoms with E-state index in [0.29, 0.717) is 5.92 Å². The molecule has 3 aromatic rings. The first kappa shape index (κ1) is 21.4. The molecule has 0 bridgehead atoms. The zero-order chi connectivity index (χ0) is 21.1. The molecule has 4 rings (SSSR count). The molecular weight excluding hydrogens is 412 g/mol. The number of aromatic nitrogens is 2. The van der Waals surface area contributed by atoms with Crippen molar-refractivity contribution in [3.05, 3.63) is 45.1 Å². The van der Waals surface area contributed by atoms with Gasteiger partial charge in [0.05, 0.1) is 18.2 Å². The fourth-order valence-corrected chi connectivity index (χ4v) is 6.55. The van der Waals surface area contributed by atoms with Crippen molar-refractivity contribution >= 4 is 33.3 Å². The van der Waals surface area contributed by atoms with E-state index < -0.39 is 0 Å². The molecular formula is C24H30N2O2S2. The standard InChI is InChI=1S/C24H30N2O2S2/c1-4-5-6-7-14-29-24-25-22-21(19-13-8-16(2)15-20(19)30-22)23(27)26(24)17-9-11-18(28-3)12-10-17/h9-12,16H,4-8,13-15H2,1-3H3. The monoisotopic (exact) mass is 442 g/mol. The van der Waals surface area contributed by atoms with Gasteiger partial charge in [0.1, 0.15) is 10.6 Å². The van der Waals surface area contributed by atoms with E-state index in [0.717, 1.165) is 58.2 Å². The molecule has 0 fully saturated rings. The van der Waals surface area contributed by atoms with E-state index in [1.165, 1.54) is 29.7 Å². The summed E-state index contributed by atoms with van der Waals surface area (Å²) in [6.45, 7) is 4.53. The number of fused-ring (bicyclic) bond motifs is 3. The van der Waals surface area contributed by atoms with Crippen molar-refractivity contribution in [2.75, 3.05) is 12.9 Å². The van der Waals surface area contributed by atoms with Gasteiger partial charge in [-0.05, 0) is 61.4 Å². The third-order valence-corrected chi connectivity index (χ3v) is 8.03. The zero-order valence-electron chi connectivity index (χ0n) is 18.1. The summed E-state index contributed by atoms with van der Waals surface area (Å²) in [7, 11) is 1.66. The van der Waals surface area contributed by atoms with E-state index in [4.69, 9.17) is 9.72 Å². The molecule has 1 aliphatic rings. The normalized spacial score (nSPS) is 16.0. The van der Waals surface area contributed by atoms with E-state index >= 15 is 0 Å². The largest absolute Gasteiger partial charge is 0.497 e. The van der Waals surface area contributed by atoms with Crippen molar-refractivity contribution in [1.29, 1.82) is 0 Å². The first-order chi connectivity index (χ1) is 14.6. The van der Waals surface area contributed by atoms with Crippen LogP contribution in [-0.2, 0) is 12.8 Å². The van der Waals surface area contributed by atoms with Crippen LogP contribution in [0.1, 0.15) is 56.4 Å². The van der Waals surface area contributed by atoms with Gasteiger partial charge in [-0.1, -0.05) is 44.9 Å². The fourth-order valence-electron chi connectivity index (χ4n) is 4.12. The minimum atomic E-state index is 0.0771. The Morgan fingerprint density at radius 1 is 1.23 bits per heavy atom. The van der Waals surface area contributed by atoms with Crippen LogP contribution < -0.4 is 10.3 Å². The van der Waals surface area contributed by atoms with Crippen molar-refractivity contribution in [3.8, 4) is 11.4 Å². The van der Waals surface area contributed by atoms with Gasteiger partial charge in [0.25, 0.3) is 5.56 Å². The second kappa shape index (κ2) is 9.56. The van der Waals surface area contributed by atoms with Crippen molar-refractivity contribution in [1.82, 2.24) is 9.55 Å². The average Bonchev–Trinajstić information content (AvgIpc) is 3.11. The predicted octanol–water partition coefficient (Wildman–Crippen LogP) is 6.25. The molecule has 1 atom stereocenters. The minimum absolute atomic E-state index is 0.0771. The molecule has 0 amide bonds. The number of aryl methyl sites for hydroxylation is 1. The molecule has 0 N–H and O–H groups in total. The topological polar surface area (TPSA) is 44.1 Å². The minimum Gasteiger partial charge on any atom is -0.497 e. The highest BCUT2D eigenvalue weighted by Crippen LogP contribution is 2.37. The Labute approximate surface area is 186 Å². The number of nitrogens with zero attached hydrogens (tertiary/aromatic N) is 2. The average molecular weight is 443 g/mol. The Kier molecular flexibility index (Phi) is 6.84. The number of rotatable bonds is 8. The Bertz CT molecular complexity index is 1070. The molecule has 1 aromatic carbocycles. The maximum atomic E-state index is 13.7. The molecule has 4 nitrogen and oxygen atoms in total. The summed E-state index contributed by atoms with van der Waals surface area (Å²) >= 11 is 3.44. The second-order valence-electron chi connectivity index (χ2n) is 8.17. The van der Waals surface area contributed by atoms with Crippen molar-refractivity contribution < 1.29 is 4.74 Å². The molecule has 2 aromatic heterocycles. The number of benzene rings is 1. The maximum Gasteiger partial charge on any atom is 0.267 e. The summed E-state index contributed by atoms with van der Waals surface area (Å²) < 4.78 is 7.12. The highest BCUT2D eigenvalue weighted by Gasteiger charge is 2.25. The molecule has 160 valence electrons. The Morgan fingerprint density at radius 2 is 2.03 bits per heavy atom.